The van der Waals surface area contributed by atoms with Crippen LogP contribution in [0.2, 0.25) is 5.15 Å². The monoisotopic (exact) mass is 217 g/mol. The molecular weight excluding hydrogens is 214 g/mol. The molecule has 0 aliphatic rings. The maximum atomic E-state index is 10.4. The number of aromatic nitrogens is 1. The minimum Gasteiger partial charge on any atom is -0.403 e. The smallest absolute Gasteiger partial charge is 0.403 e. The van der Waals surface area contributed by atoms with E-state index >= 15 is 0 Å². The zero-order valence-corrected chi connectivity index (χ0v) is 7.39. The van der Waals surface area contributed by atoms with Gasteiger partial charge in [-0.3, -0.25) is 10.1 Å². The van der Waals surface area contributed by atoms with Crippen molar-refractivity contribution in [2.75, 3.05) is 0 Å². The molecule has 1 heterocycles. The summed E-state index contributed by atoms with van der Waals surface area (Å²) in [5.74, 6) is -0.331. The number of carbonyl (C=O) groups is 1. The highest BCUT2D eigenvalue weighted by molar-refractivity contribution is 6.29. The Bertz CT molecular complexity index is 395. The maximum absolute atomic E-state index is 10.4. The molecule has 0 aliphatic heterocycles. The molecule has 74 valence electrons. The molecule has 1 aromatic rings. The number of nitrogens with two attached hydrogens (primary N) is 1. The normalized spacial score (nSPS) is 9.50. The van der Waals surface area contributed by atoms with E-state index in [-0.39, 0.29) is 10.9 Å². The predicted octanol–water partition coefficient (Wildman–Crippen LogP) is 1.10. The molecule has 0 radical (unpaired) electrons. The molecule has 8 heteroatoms. The van der Waals surface area contributed by atoms with Crippen LogP contribution in [0.1, 0.15) is 0 Å². The van der Waals surface area contributed by atoms with Crippen molar-refractivity contribution in [1.29, 1.82) is 0 Å². The highest BCUT2D eigenvalue weighted by Gasteiger charge is 2.18. The summed E-state index contributed by atoms with van der Waals surface area (Å²) in [6.07, 6.45) is -0.281. The lowest BCUT2D eigenvalue weighted by Crippen LogP contribution is -2.17. The van der Waals surface area contributed by atoms with Gasteiger partial charge in [-0.25, -0.2) is 9.78 Å². The Balaban J connectivity index is 3.15. The first-order valence-corrected chi connectivity index (χ1v) is 3.65. The van der Waals surface area contributed by atoms with Crippen LogP contribution in [0.4, 0.5) is 10.5 Å². The molecule has 1 amide bonds. The molecule has 0 atom stereocenters. The number of hydrogen-bond acceptors (Lipinski definition) is 5. The van der Waals surface area contributed by atoms with Crippen LogP contribution < -0.4 is 10.5 Å². The average Bonchev–Trinajstić information content (AvgIpc) is 2.01. The number of hydrogen-bond donors (Lipinski definition) is 1. The van der Waals surface area contributed by atoms with Crippen LogP contribution in [0.15, 0.2) is 12.3 Å². The van der Waals surface area contributed by atoms with Crippen LogP contribution in [0, 0.1) is 10.1 Å². The zero-order chi connectivity index (χ0) is 10.7. The minimum atomic E-state index is -1.16. The van der Waals surface area contributed by atoms with Gasteiger partial charge in [0.1, 0.15) is 11.3 Å². The van der Waals surface area contributed by atoms with Crippen molar-refractivity contribution in [3.05, 3.63) is 27.5 Å². The molecule has 2 N–H and O–H groups in total. The Labute approximate surface area is 82.6 Å². The molecule has 14 heavy (non-hydrogen) atoms. The van der Waals surface area contributed by atoms with Crippen molar-refractivity contribution in [2.45, 2.75) is 0 Å². The first kappa shape index (κ1) is 10.2. The second-order valence-corrected chi connectivity index (χ2v) is 2.54. The quantitative estimate of drug-likeness (QED) is 0.453. The number of halogens is 1. The second-order valence-electron chi connectivity index (χ2n) is 2.15. The summed E-state index contributed by atoms with van der Waals surface area (Å²) >= 11 is 5.44. The Hall–Kier alpha value is -1.89. The SMILES string of the molecule is NC(=O)Oc1cc(Cl)ncc1[N+](=O)[O-]. The van der Waals surface area contributed by atoms with Gasteiger partial charge >= 0.3 is 11.8 Å². The Morgan fingerprint density at radius 2 is 2.36 bits per heavy atom. The Kier molecular flexibility index (Phi) is 2.82. The van der Waals surface area contributed by atoms with Crippen molar-refractivity contribution in [3.63, 3.8) is 0 Å². The summed E-state index contributed by atoms with van der Waals surface area (Å²) in [7, 11) is 0. The van der Waals surface area contributed by atoms with Gasteiger partial charge in [0.25, 0.3) is 0 Å². The standard InChI is InChI=1S/C6H4ClN3O4/c7-5-1-4(14-6(8)11)3(2-9-5)10(12)13/h1-2H,(H2,8,11). The molecule has 7 nitrogen and oxygen atoms in total. The summed E-state index contributed by atoms with van der Waals surface area (Å²) in [5.41, 5.74) is 4.22. The van der Waals surface area contributed by atoms with Gasteiger partial charge in [-0.2, -0.15) is 0 Å². The third kappa shape index (κ3) is 2.30. The van der Waals surface area contributed by atoms with E-state index in [1.807, 2.05) is 0 Å². The fraction of sp³-hybridized carbons (Fsp3) is 0. The highest BCUT2D eigenvalue weighted by atomic mass is 35.5. The van der Waals surface area contributed by atoms with Gasteiger partial charge in [-0.1, -0.05) is 11.6 Å². The van der Waals surface area contributed by atoms with Crippen LogP contribution in [-0.2, 0) is 0 Å². The largest absolute Gasteiger partial charge is 0.410 e. The average molecular weight is 218 g/mol. The van der Waals surface area contributed by atoms with Crippen LogP contribution in [-0.4, -0.2) is 16.0 Å². The lowest BCUT2D eigenvalue weighted by atomic mass is 10.4. The molecule has 0 saturated heterocycles. The van der Waals surface area contributed by atoms with Gasteiger partial charge in [0.2, 0.25) is 5.75 Å². The number of ether oxygens (including phenoxy) is 1. The number of amides is 1. The maximum Gasteiger partial charge on any atom is 0.410 e. The fourth-order valence-electron chi connectivity index (χ4n) is 0.733. The van der Waals surface area contributed by atoms with Crippen LogP contribution in [0.5, 0.6) is 5.75 Å². The van der Waals surface area contributed by atoms with Crippen LogP contribution >= 0.6 is 11.6 Å². The summed E-state index contributed by atoms with van der Waals surface area (Å²) < 4.78 is 4.36. The third-order valence-electron chi connectivity index (χ3n) is 1.22. The molecule has 1 rings (SSSR count). The van der Waals surface area contributed by atoms with E-state index in [0.717, 1.165) is 12.3 Å². The van der Waals surface area contributed by atoms with E-state index < -0.39 is 16.7 Å². The van der Waals surface area contributed by atoms with Gasteiger partial charge in [0, 0.05) is 6.07 Å². The predicted molar refractivity (Wildman–Crippen MR) is 46.1 cm³/mol. The van der Waals surface area contributed by atoms with Crippen LogP contribution in [0.25, 0.3) is 0 Å². The van der Waals surface area contributed by atoms with Gasteiger partial charge < -0.3 is 10.5 Å². The third-order valence-corrected chi connectivity index (χ3v) is 1.43. The van der Waals surface area contributed by atoms with E-state index in [2.05, 4.69) is 9.72 Å². The molecule has 0 fully saturated rings. The summed E-state index contributed by atoms with van der Waals surface area (Å²) in [4.78, 5) is 23.5. The molecular formula is C6H4ClN3O4. The molecule has 0 saturated carbocycles. The zero-order valence-electron chi connectivity index (χ0n) is 6.64. The van der Waals surface area contributed by atoms with Crippen molar-refractivity contribution < 1.29 is 14.5 Å². The van der Waals surface area contributed by atoms with E-state index in [9.17, 15) is 14.9 Å². The molecule has 0 aromatic carbocycles. The molecule has 0 unspecified atom stereocenters. The van der Waals surface area contributed by atoms with Gasteiger partial charge in [-0.05, 0) is 0 Å². The van der Waals surface area contributed by atoms with E-state index in [4.69, 9.17) is 17.3 Å². The first-order valence-electron chi connectivity index (χ1n) is 3.28. The van der Waals surface area contributed by atoms with Crippen molar-refractivity contribution in [2.24, 2.45) is 5.73 Å². The van der Waals surface area contributed by atoms with E-state index in [1.165, 1.54) is 0 Å². The van der Waals surface area contributed by atoms with Gasteiger partial charge in [-0.15, -0.1) is 0 Å². The number of pyridine rings is 1. The summed E-state index contributed by atoms with van der Waals surface area (Å²) in [6.45, 7) is 0. The van der Waals surface area contributed by atoms with E-state index in [1.54, 1.807) is 0 Å². The Morgan fingerprint density at radius 3 is 2.86 bits per heavy atom. The van der Waals surface area contributed by atoms with Crippen molar-refractivity contribution in [1.82, 2.24) is 4.98 Å². The molecule has 0 aliphatic carbocycles. The van der Waals surface area contributed by atoms with E-state index in [0.29, 0.717) is 0 Å². The van der Waals surface area contributed by atoms with Crippen molar-refractivity contribution >= 4 is 23.4 Å². The lowest BCUT2D eigenvalue weighted by Gasteiger charge is -2.01. The summed E-state index contributed by atoms with van der Waals surface area (Å²) in [5, 5.41) is 10.4. The molecule has 1 aromatic heterocycles. The fourth-order valence-corrected chi connectivity index (χ4v) is 0.881. The van der Waals surface area contributed by atoms with Gasteiger partial charge in [0.15, 0.2) is 0 Å². The van der Waals surface area contributed by atoms with Crippen molar-refractivity contribution in [3.8, 4) is 5.75 Å². The minimum absolute atomic E-state index is 0.0353. The molecule has 0 spiro atoms. The van der Waals surface area contributed by atoms with Crippen LogP contribution in [0.3, 0.4) is 0 Å². The number of rotatable bonds is 2. The summed E-state index contributed by atoms with van der Waals surface area (Å²) in [6, 6.07) is 1.03. The second kappa shape index (κ2) is 3.88. The lowest BCUT2D eigenvalue weighted by molar-refractivity contribution is -0.385. The number of nitrogens with zero attached hydrogens (tertiary/aromatic N) is 2. The number of carbonyl (C=O) groups excluding carboxylic acids is 1. The Morgan fingerprint density at radius 1 is 1.71 bits per heavy atom. The first-order chi connectivity index (χ1) is 6.50. The molecule has 0 bridgehead atoms. The number of primary amides is 1. The number of nitro groups is 1. The topological polar surface area (TPSA) is 108 Å². The highest BCUT2D eigenvalue weighted by Crippen LogP contribution is 2.27. The van der Waals surface area contributed by atoms with Gasteiger partial charge in [0.05, 0.1) is 4.92 Å².